The van der Waals surface area contributed by atoms with Crippen molar-refractivity contribution in [3.05, 3.63) is 53.8 Å². The number of hydrogen-bond acceptors (Lipinski definition) is 5. The summed E-state index contributed by atoms with van der Waals surface area (Å²) >= 11 is 0. The summed E-state index contributed by atoms with van der Waals surface area (Å²) in [5, 5.41) is 2.85. The maximum absolute atomic E-state index is 14.6. The zero-order valence-corrected chi connectivity index (χ0v) is 18.4. The molecule has 6 nitrogen and oxygen atoms in total. The topological polar surface area (TPSA) is 54.0 Å². The highest BCUT2D eigenvalue weighted by Crippen LogP contribution is 2.52. The Labute approximate surface area is 194 Å². The molecule has 1 aliphatic carbocycles. The van der Waals surface area contributed by atoms with E-state index in [0.717, 1.165) is 18.7 Å². The quantitative estimate of drug-likeness (QED) is 0.638. The maximum Gasteiger partial charge on any atom is 0.573 e. The number of amides is 1. The van der Waals surface area contributed by atoms with E-state index in [4.69, 9.17) is 4.74 Å². The summed E-state index contributed by atoms with van der Waals surface area (Å²) in [7, 11) is 0. The molecule has 2 atom stereocenters. The molecule has 0 spiro atoms. The molecule has 2 unspecified atom stereocenters. The number of anilines is 2. The van der Waals surface area contributed by atoms with Crippen LogP contribution in [0, 0.1) is 23.6 Å². The minimum absolute atomic E-state index is 0.0955. The summed E-state index contributed by atoms with van der Waals surface area (Å²) in [4.78, 5) is 16.8. The first kappa shape index (κ1) is 22.9. The van der Waals surface area contributed by atoms with E-state index in [9.17, 15) is 22.4 Å². The van der Waals surface area contributed by atoms with E-state index in [1.165, 1.54) is 18.2 Å². The van der Waals surface area contributed by atoms with Gasteiger partial charge in [-0.2, -0.15) is 0 Å². The van der Waals surface area contributed by atoms with E-state index in [0.29, 0.717) is 44.2 Å². The summed E-state index contributed by atoms with van der Waals surface area (Å²) in [6, 6.07) is 10.6. The minimum Gasteiger partial charge on any atom is -0.406 e. The highest BCUT2D eigenvalue weighted by Gasteiger charge is 2.59. The summed E-state index contributed by atoms with van der Waals surface area (Å²) < 4.78 is 60.6. The number of alkyl halides is 3. The van der Waals surface area contributed by atoms with E-state index in [1.807, 2.05) is 4.90 Å². The van der Waals surface area contributed by atoms with Crippen molar-refractivity contribution < 1.29 is 31.8 Å². The van der Waals surface area contributed by atoms with Gasteiger partial charge in [-0.15, -0.1) is 13.2 Å². The fourth-order valence-electron chi connectivity index (χ4n) is 5.06. The van der Waals surface area contributed by atoms with Crippen LogP contribution < -0.4 is 15.0 Å². The number of rotatable bonds is 6. The molecule has 34 heavy (non-hydrogen) atoms. The van der Waals surface area contributed by atoms with Crippen LogP contribution in [0.15, 0.2) is 42.5 Å². The lowest BCUT2D eigenvalue weighted by atomic mass is 10.1. The van der Waals surface area contributed by atoms with Crippen LogP contribution in [-0.4, -0.2) is 56.6 Å². The van der Waals surface area contributed by atoms with Gasteiger partial charge in [0.15, 0.2) is 0 Å². The lowest BCUT2D eigenvalue weighted by molar-refractivity contribution is -0.274. The van der Waals surface area contributed by atoms with Crippen LogP contribution >= 0.6 is 0 Å². The van der Waals surface area contributed by atoms with Gasteiger partial charge < -0.3 is 19.7 Å². The summed E-state index contributed by atoms with van der Waals surface area (Å²) in [6.07, 6.45) is -4.70. The molecular weight excluding hydrogens is 454 g/mol. The third kappa shape index (κ3) is 5.12. The third-order valence-electron chi connectivity index (χ3n) is 6.70. The first-order chi connectivity index (χ1) is 16.3. The van der Waals surface area contributed by atoms with E-state index in [1.54, 1.807) is 24.3 Å². The number of hydrogen-bond donors (Lipinski definition) is 1. The number of halogens is 4. The van der Waals surface area contributed by atoms with Crippen molar-refractivity contribution in [3.8, 4) is 5.75 Å². The van der Waals surface area contributed by atoms with Gasteiger partial charge in [0.05, 0.1) is 18.9 Å². The number of carbonyl (C=O) groups is 1. The maximum atomic E-state index is 14.6. The first-order valence-corrected chi connectivity index (χ1v) is 11.3. The molecule has 10 heteroatoms. The number of carbonyl (C=O) groups excluding carboxylic acids is 1. The van der Waals surface area contributed by atoms with Crippen molar-refractivity contribution in [3.63, 3.8) is 0 Å². The number of piperidine rings is 1. The molecule has 1 N–H and O–H groups in total. The van der Waals surface area contributed by atoms with Gasteiger partial charge in [0.2, 0.25) is 5.91 Å². The third-order valence-corrected chi connectivity index (χ3v) is 6.70. The lowest BCUT2D eigenvalue weighted by Crippen LogP contribution is -2.36. The van der Waals surface area contributed by atoms with Gasteiger partial charge in [0.25, 0.3) is 0 Å². The Morgan fingerprint density at radius 1 is 1.06 bits per heavy atom. The van der Waals surface area contributed by atoms with Crippen LogP contribution in [0.5, 0.6) is 5.75 Å². The monoisotopic (exact) mass is 479 g/mol. The Morgan fingerprint density at radius 2 is 1.74 bits per heavy atom. The van der Waals surface area contributed by atoms with Gasteiger partial charge in [0, 0.05) is 44.3 Å². The summed E-state index contributed by atoms with van der Waals surface area (Å²) in [6.45, 7) is 4.49. The number of fused-ring (bicyclic) bond motifs is 1. The average molecular weight is 479 g/mol. The van der Waals surface area contributed by atoms with Gasteiger partial charge in [-0.3, -0.25) is 9.69 Å². The van der Waals surface area contributed by atoms with Crippen LogP contribution in [0.25, 0.3) is 0 Å². The molecular formula is C24H25F4N3O3. The SMILES string of the molecule is O=C(Nc1ccc(N2CCOCC2)c(F)c1)C1C2CN(Cc3ccc(OC(F)(F)F)cc3)CC21. The van der Waals surface area contributed by atoms with Crippen LogP contribution in [0.2, 0.25) is 0 Å². The van der Waals surface area contributed by atoms with Crippen molar-refractivity contribution >= 4 is 17.3 Å². The molecule has 182 valence electrons. The van der Waals surface area contributed by atoms with E-state index in [-0.39, 0.29) is 35.2 Å². The molecule has 1 amide bonds. The zero-order valence-electron chi connectivity index (χ0n) is 18.4. The first-order valence-electron chi connectivity index (χ1n) is 11.3. The molecule has 2 saturated heterocycles. The Bertz CT molecular complexity index is 1030. The van der Waals surface area contributed by atoms with Crippen molar-refractivity contribution in [2.45, 2.75) is 12.9 Å². The van der Waals surface area contributed by atoms with E-state index in [2.05, 4.69) is 15.0 Å². The second-order valence-electron chi connectivity index (χ2n) is 8.99. The molecule has 0 aromatic heterocycles. The summed E-state index contributed by atoms with van der Waals surface area (Å²) in [5.41, 5.74) is 1.84. The average Bonchev–Trinajstić information content (AvgIpc) is 3.30. The fourth-order valence-corrected chi connectivity index (χ4v) is 5.06. The van der Waals surface area contributed by atoms with Gasteiger partial charge >= 0.3 is 6.36 Å². The van der Waals surface area contributed by atoms with E-state index >= 15 is 0 Å². The number of nitrogens with one attached hydrogen (secondary N) is 1. The Balaban J connectivity index is 1.10. The molecule has 2 aromatic carbocycles. The van der Waals surface area contributed by atoms with Gasteiger partial charge in [-0.05, 0) is 47.7 Å². The molecule has 2 heterocycles. The molecule has 1 saturated carbocycles. The normalized spacial score (nSPS) is 24.6. The van der Waals surface area contributed by atoms with Crippen LogP contribution in [0.1, 0.15) is 5.56 Å². The number of ether oxygens (including phenoxy) is 2. The van der Waals surface area contributed by atoms with Crippen LogP contribution in [-0.2, 0) is 16.1 Å². The highest BCUT2D eigenvalue weighted by atomic mass is 19.4. The lowest BCUT2D eigenvalue weighted by Gasteiger charge is -2.29. The molecule has 3 aliphatic rings. The predicted molar refractivity (Wildman–Crippen MR) is 117 cm³/mol. The largest absolute Gasteiger partial charge is 0.573 e. The number of morpholine rings is 1. The van der Waals surface area contributed by atoms with Gasteiger partial charge in [-0.25, -0.2) is 4.39 Å². The van der Waals surface area contributed by atoms with Crippen molar-refractivity contribution in [1.82, 2.24) is 4.90 Å². The van der Waals surface area contributed by atoms with Crippen molar-refractivity contribution in [2.75, 3.05) is 49.6 Å². The van der Waals surface area contributed by atoms with Crippen molar-refractivity contribution in [2.24, 2.45) is 17.8 Å². The van der Waals surface area contributed by atoms with Gasteiger partial charge in [-0.1, -0.05) is 12.1 Å². The predicted octanol–water partition coefficient (Wildman–Crippen LogP) is 3.88. The number of nitrogens with zero attached hydrogens (tertiary/aromatic N) is 2. The fraction of sp³-hybridized carbons (Fsp3) is 0.458. The molecule has 0 radical (unpaired) electrons. The minimum atomic E-state index is -4.70. The second-order valence-corrected chi connectivity index (χ2v) is 8.99. The molecule has 2 aromatic rings. The highest BCUT2D eigenvalue weighted by molar-refractivity contribution is 5.95. The van der Waals surface area contributed by atoms with Crippen molar-refractivity contribution in [1.29, 1.82) is 0 Å². The molecule has 3 fully saturated rings. The van der Waals surface area contributed by atoms with Crippen LogP contribution in [0.4, 0.5) is 28.9 Å². The summed E-state index contributed by atoms with van der Waals surface area (Å²) in [5.74, 6) is -0.321. The standard InChI is InChI=1S/C24H25F4N3O3/c25-20-11-16(3-6-21(20)31-7-9-33-10-8-31)29-23(32)22-18-13-30(14-19(18)22)12-15-1-4-17(5-2-15)34-24(26,27)28/h1-6,11,18-19,22H,7-10,12-14H2,(H,29,32). The smallest absolute Gasteiger partial charge is 0.406 e. The molecule has 0 bridgehead atoms. The van der Waals surface area contributed by atoms with Gasteiger partial charge in [0.1, 0.15) is 11.6 Å². The Kier molecular flexibility index (Phi) is 6.11. The van der Waals surface area contributed by atoms with Crippen LogP contribution in [0.3, 0.4) is 0 Å². The number of benzene rings is 2. The zero-order chi connectivity index (χ0) is 23.9. The van der Waals surface area contributed by atoms with E-state index < -0.39 is 6.36 Å². The molecule has 2 aliphatic heterocycles. The Hall–Kier alpha value is -2.85. The number of likely N-dealkylation sites (tertiary alicyclic amines) is 1. The Morgan fingerprint density at radius 3 is 2.35 bits per heavy atom. The second kappa shape index (κ2) is 9.07. The molecule has 5 rings (SSSR count).